The summed E-state index contributed by atoms with van der Waals surface area (Å²) in [6.45, 7) is 7.22. The zero-order valence-corrected chi connectivity index (χ0v) is 16.2. The van der Waals surface area contributed by atoms with Crippen molar-refractivity contribution in [2.45, 2.75) is 46.7 Å². The summed E-state index contributed by atoms with van der Waals surface area (Å²) in [5.74, 6) is 0.0131. The Morgan fingerprint density at radius 3 is 2.48 bits per heavy atom. The maximum absolute atomic E-state index is 13.0. The predicted octanol–water partition coefficient (Wildman–Crippen LogP) is 4.74. The Labute approximate surface area is 159 Å². The van der Waals surface area contributed by atoms with E-state index in [9.17, 15) is 9.90 Å². The van der Waals surface area contributed by atoms with Crippen LogP contribution in [-0.2, 0) is 13.1 Å². The molecule has 0 saturated carbocycles. The second kappa shape index (κ2) is 8.21. The molecule has 0 aliphatic rings. The molecule has 4 heteroatoms. The van der Waals surface area contributed by atoms with Crippen LogP contribution >= 0.6 is 0 Å². The molecule has 0 radical (unpaired) electrons. The van der Waals surface area contributed by atoms with E-state index in [4.69, 9.17) is 0 Å². The molecule has 1 heterocycles. The van der Waals surface area contributed by atoms with E-state index in [-0.39, 0.29) is 16.9 Å². The molecular formula is C23H26N2O2. The van der Waals surface area contributed by atoms with Crippen molar-refractivity contribution in [3.8, 4) is 5.75 Å². The minimum atomic E-state index is -0.190. The van der Waals surface area contributed by atoms with E-state index < -0.39 is 0 Å². The highest BCUT2D eigenvalue weighted by atomic mass is 16.3. The van der Waals surface area contributed by atoms with Gasteiger partial charge in [0, 0.05) is 18.1 Å². The van der Waals surface area contributed by atoms with Gasteiger partial charge in [-0.25, -0.2) is 0 Å². The van der Waals surface area contributed by atoms with E-state index in [1.54, 1.807) is 4.57 Å². The Morgan fingerprint density at radius 2 is 1.78 bits per heavy atom. The highest BCUT2D eigenvalue weighted by molar-refractivity contribution is 5.95. The number of aryl methyl sites for hydroxylation is 3. The molecule has 0 unspecified atom stereocenters. The molecule has 27 heavy (non-hydrogen) atoms. The van der Waals surface area contributed by atoms with E-state index in [1.807, 2.05) is 56.3 Å². The summed E-state index contributed by atoms with van der Waals surface area (Å²) in [5, 5.41) is 11.4. The largest absolute Gasteiger partial charge is 0.506 e. The summed E-state index contributed by atoms with van der Waals surface area (Å²) in [7, 11) is 0. The van der Waals surface area contributed by atoms with Crippen molar-refractivity contribution >= 4 is 17.1 Å². The van der Waals surface area contributed by atoms with Crippen LogP contribution in [-0.4, -0.2) is 15.9 Å². The van der Waals surface area contributed by atoms with Crippen LogP contribution in [0.4, 0.5) is 0 Å². The lowest BCUT2D eigenvalue weighted by Crippen LogP contribution is -2.24. The fourth-order valence-electron chi connectivity index (χ4n) is 3.17. The van der Waals surface area contributed by atoms with Crippen LogP contribution in [0.3, 0.4) is 0 Å². The van der Waals surface area contributed by atoms with Crippen LogP contribution in [0.2, 0.25) is 0 Å². The molecule has 0 aliphatic heterocycles. The zero-order valence-electron chi connectivity index (χ0n) is 16.2. The average molecular weight is 362 g/mol. The molecule has 0 fully saturated rings. The van der Waals surface area contributed by atoms with Gasteiger partial charge in [0.15, 0.2) is 0 Å². The summed E-state index contributed by atoms with van der Waals surface area (Å²) >= 11 is 0. The molecule has 0 bridgehead atoms. The van der Waals surface area contributed by atoms with Gasteiger partial charge in [0.25, 0.3) is 5.56 Å². The lowest BCUT2D eigenvalue weighted by Gasteiger charge is -2.14. The topological polar surface area (TPSA) is 54.6 Å². The number of rotatable bonds is 6. The SMILES string of the molecule is CCCCn1c(=O)c(C=NCc2ccc(C)cc2)c(O)c2cc(C)ccc21. The van der Waals surface area contributed by atoms with Gasteiger partial charge in [0.1, 0.15) is 11.3 Å². The molecule has 140 valence electrons. The van der Waals surface area contributed by atoms with E-state index in [2.05, 4.69) is 11.9 Å². The van der Waals surface area contributed by atoms with Crippen molar-refractivity contribution in [3.63, 3.8) is 0 Å². The third-order valence-electron chi connectivity index (χ3n) is 4.78. The number of nitrogens with zero attached hydrogens (tertiary/aromatic N) is 2. The summed E-state index contributed by atoms with van der Waals surface area (Å²) < 4.78 is 1.76. The summed E-state index contributed by atoms with van der Waals surface area (Å²) in [6, 6.07) is 13.9. The molecule has 0 atom stereocenters. The summed E-state index contributed by atoms with van der Waals surface area (Å²) in [5.41, 5.74) is 4.15. The summed E-state index contributed by atoms with van der Waals surface area (Å²) in [6.07, 6.45) is 3.42. The lowest BCUT2D eigenvalue weighted by atomic mass is 10.1. The number of unbranched alkanes of at least 4 members (excludes halogenated alkanes) is 1. The van der Waals surface area contributed by atoms with Crippen LogP contribution in [0.1, 0.15) is 42.0 Å². The molecule has 3 rings (SSSR count). The van der Waals surface area contributed by atoms with Crippen LogP contribution in [0.5, 0.6) is 5.75 Å². The van der Waals surface area contributed by atoms with Gasteiger partial charge in [-0.05, 0) is 38.0 Å². The van der Waals surface area contributed by atoms with E-state index in [0.29, 0.717) is 18.5 Å². The number of hydrogen-bond donors (Lipinski definition) is 1. The molecule has 3 aromatic rings. The third kappa shape index (κ3) is 4.11. The second-order valence-corrected chi connectivity index (χ2v) is 7.05. The smallest absolute Gasteiger partial charge is 0.263 e. The Morgan fingerprint density at radius 1 is 1.07 bits per heavy atom. The van der Waals surface area contributed by atoms with Gasteiger partial charge in [-0.1, -0.05) is 54.8 Å². The molecule has 4 nitrogen and oxygen atoms in total. The van der Waals surface area contributed by atoms with Gasteiger partial charge in [-0.3, -0.25) is 9.79 Å². The quantitative estimate of drug-likeness (QED) is 0.644. The van der Waals surface area contributed by atoms with Crippen molar-refractivity contribution < 1.29 is 5.11 Å². The molecular weight excluding hydrogens is 336 g/mol. The number of aliphatic imine (C=N–C) groups is 1. The molecule has 2 aromatic carbocycles. The van der Waals surface area contributed by atoms with E-state index in [0.717, 1.165) is 29.5 Å². The number of hydrogen-bond acceptors (Lipinski definition) is 3. The standard InChI is InChI=1S/C23H26N2O2/c1-4-5-12-25-21-11-8-17(3)13-19(21)22(26)20(23(25)27)15-24-14-18-9-6-16(2)7-10-18/h6-11,13,15,26H,4-5,12,14H2,1-3H3. The third-order valence-corrected chi connectivity index (χ3v) is 4.78. The first kappa shape index (κ1) is 18.9. The van der Waals surface area contributed by atoms with Gasteiger partial charge in [0.2, 0.25) is 0 Å². The van der Waals surface area contributed by atoms with Gasteiger partial charge in [-0.2, -0.15) is 0 Å². The first-order valence-corrected chi connectivity index (χ1v) is 9.42. The van der Waals surface area contributed by atoms with Crippen molar-refractivity contribution in [2.24, 2.45) is 4.99 Å². The molecule has 0 amide bonds. The maximum Gasteiger partial charge on any atom is 0.263 e. The molecule has 0 saturated heterocycles. The second-order valence-electron chi connectivity index (χ2n) is 7.05. The van der Waals surface area contributed by atoms with Gasteiger partial charge >= 0.3 is 0 Å². The minimum Gasteiger partial charge on any atom is -0.506 e. The number of fused-ring (bicyclic) bond motifs is 1. The Kier molecular flexibility index (Phi) is 5.75. The van der Waals surface area contributed by atoms with E-state index >= 15 is 0 Å². The number of pyridine rings is 1. The number of benzene rings is 2. The summed E-state index contributed by atoms with van der Waals surface area (Å²) in [4.78, 5) is 17.4. The highest BCUT2D eigenvalue weighted by Gasteiger charge is 2.15. The average Bonchev–Trinajstić information content (AvgIpc) is 2.66. The van der Waals surface area contributed by atoms with Crippen LogP contribution in [0.15, 0.2) is 52.3 Å². The Balaban J connectivity index is 2.04. The maximum atomic E-state index is 13.0. The van der Waals surface area contributed by atoms with Gasteiger partial charge < -0.3 is 9.67 Å². The molecule has 1 aromatic heterocycles. The van der Waals surface area contributed by atoms with Gasteiger partial charge in [-0.15, -0.1) is 0 Å². The van der Waals surface area contributed by atoms with Crippen molar-refractivity contribution in [1.29, 1.82) is 0 Å². The first-order valence-electron chi connectivity index (χ1n) is 9.42. The molecule has 0 aliphatic carbocycles. The highest BCUT2D eigenvalue weighted by Crippen LogP contribution is 2.27. The van der Waals surface area contributed by atoms with Crippen LogP contribution in [0, 0.1) is 13.8 Å². The molecule has 0 spiro atoms. The van der Waals surface area contributed by atoms with Crippen molar-refractivity contribution in [3.05, 3.63) is 75.1 Å². The predicted molar refractivity (Wildman–Crippen MR) is 112 cm³/mol. The van der Waals surface area contributed by atoms with E-state index in [1.165, 1.54) is 11.8 Å². The van der Waals surface area contributed by atoms with Crippen LogP contribution < -0.4 is 5.56 Å². The molecule has 1 N–H and O–H groups in total. The van der Waals surface area contributed by atoms with Crippen molar-refractivity contribution in [2.75, 3.05) is 0 Å². The van der Waals surface area contributed by atoms with Crippen molar-refractivity contribution in [1.82, 2.24) is 4.57 Å². The van der Waals surface area contributed by atoms with Gasteiger partial charge in [0.05, 0.1) is 12.1 Å². The lowest BCUT2D eigenvalue weighted by molar-refractivity contribution is 0.477. The number of aromatic hydroxyl groups is 1. The fraction of sp³-hybridized carbons (Fsp3) is 0.304. The first-order chi connectivity index (χ1) is 13.0. The Bertz CT molecular complexity index is 1030. The normalized spacial score (nSPS) is 11.5. The Hall–Kier alpha value is -2.88. The number of aromatic nitrogens is 1. The fourth-order valence-corrected chi connectivity index (χ4v) is 3.17. The van der Waals surface area contributed by atoms with Crippen LogP contribution in [0.25, 0.3) is 10.9 Å². The monoisotopic (exact) mass is 362 g/mol. The minimum absolute atomic E-state index is 0.0131. The zero-order chi connectivity index (χ0) is 19.4.